The molecule has 0 aliphatic heterocycles. The fraction of sp³-hybridized carbons (Fsp3) is 0.222. The maximum atomic E-state index is 10.2. The lowest BCUT2D eigenvalue weighted by Crippen LogP contribution is -2.24. The van der Waals surface area contributed by atoms with Gasteiger partial charge in [0.05, 0.1) is 7.11 Å². The summed E-state index contributed by atoms with van der Waals surface area (Å²) in [6.45, 7) is 0. The number of aliphatic carboxylic acids is 1. The van der Waals surface area contributed by atoms with Crippen molar-refractivity contribution in [2.75, 3.05) is 7.11 Å². The molecule has 1 aromatic carbocycles. The number of methoxy groups -OCH3 is 1. The van der Waals surface area contributed by atoms with E-state index in [-0.39, 0.29) is 6.42 Å². The lowest BCUT2D eigenvalue weighted by molar-refractivity contribution is -0.304. The molecule has 0 aliphatic rings. The molecule has 0 radical (unpaired) electrons. The Bertz CT molecular complexity index is 264. The first-order chi connectivity index (χ1) is 5.72. The van der Waals surface area contributed by atoms with Gasteiger partial charge >= 0.3 is 0 Å². The Morgan fingerprint density at radius 1 is 1.42 bits per heavy atom. The zero-order valence-electron chi connectivity index (χ0n) is 6.74. The second kappa shape index (κ2) is 3.76. The Balaban J connectivity index is 2.71. The second-order valence-electron chi connectivity index (χ2n) is 2.40. The predicted octanol–water partition coefficient (Wildman–Crippen LogP) is -0.0124. The molecule has 0 heterocycles. The molecular formula is C9H9O3-. The van der Waals surface area contributed by atoms with E-state index in [4.69, 9.17) is 4.74 Å². The Hall–Kier alpha value is -1.51. The highest BCUT2D eigenvalue weighted by Crippen LogP contribution is 2.11. The molecule has 0 fully saturated rings. The van der Waals surface area contributed by atoms with E-state index in [0.29, 0.717) is 0 Å². The van der Waals surface area contributed by atoms with E-state index >= 15 is 0 Å². The number of hydrogen-bond donors (Lipinski definition) is 0. The van der Waals surface area contributed by atoms with Gasteiger partial charge in [-0.15, -0.1) is 0 Å². The Morgan fingerprint density at radius 3 is 2.42 bits per heavy atom. The summed E-state index contributed by atoms with van der Waals surface area (Å²) in [5, 5.41) is 10.2. The van der Waals surface area contributed by atoms with Crippen molar-refractivity contribution in [1.29, 1.82) is 0 Å². The fourth-order valence-corrected chi connectivity index (χ4v) is 0.910. The van der Waals surface area contributed by atoms with Gasteiger partial charge in [0.1, 0.15) is 5.75 Å². The summed E-state index contributed by atoms with van der Waals surface area (Å²) in [7, 11) is 1.56. The van der Waals surface area contributed by atoms with Crippen LogP contribution < -0.4 is 9.84 Å². The standard InChI is InChI=1S/C9H10O3/c1-12-8-4-2-7(3-5-8)6-9(10)11/h2-5H,6H2,1H3,(H,10,11)/p-1. The second-order valence-corrected chi connectivity index (χ2v) is 2.40. The molecule has 0 N–H and O–H groups in total. The molecule has 1 rings (SSSR count). The van der Waals surface area contributed by atoms with Gasteiger partial charge in [-0.2, -0.15) is 0 Å². The van der Waals surface area contributed by atoms with Crippen molar-refractivity contribution in [2.45, 2.75) is 6.42 Å². The molecule has 3 nitrogen and oxygen atoms in total. The molecule has 0 spiro atoms. The number of carbonyl (C=O) groups is 1. The first kappa shape index (κ1) is 8.59. The van der Waals surface area contributed by atoms with Gasteiger partial charge in [-0.1, -0.05) is 12.1 Å². The van der Waals surface area contributed by atoms with Gasteiger partial charge in [-0.05, 0) is 17.7 Å². The molecule has 0 bridgehead atoms. The largest absolute Gasteiger partial charge is 0.550 e. The molecule has 0 aliphatic carbocycles. The fourth-order valence-electron chi connectivity index (χ4n) is 0.910. The predicted molar refractivity (Wildman–Crippen MR) is 41.7 cm³/mol. The SMILES string of the molecule is COc1ccc(CC(=O)[O-])cc1. The van der Waals surface area contributed by atoms with Crippen molar-refractivity contribution < 1.29 is 14.6 Å². The molecule has 0 unspecified atom stereocenters. The lowest BCUT2D eigenvalue weighted by Gasteiger charge is -2.03. The van der Waals surface area contributed by atoms with Gasteiger partial charge in [-0.25, -0.2) is 0 Å². The molecule has 0 saturated carbocycles. The molecule has 1 aromatic rings. The summed E-state index contributed by atoms with van der Waals surface area (Å²) in [6, 6.07) is 6.85. The Morgan fingerprint density at radius 2 is 2.00 bits per heavy atom. The van der Waals surface area contributed by atoms with Gasteiger partial charge in [0.15, 0.2) is 0 Å². The van der Waals surface area contributed by atoms with Crippen LogP contribution in [0.5, 0.6) is 5.75 Å². The minimum absolute atomic E-state index is 0.0516. The third-order valence-corrected chi connectivity index (χ3v) is 1.51. The van der Waals surface area contributed by atoms with Crippen molar-refractivity contribution >= 4 is 5.97 Å². The average Bonchev–Trinajstić information content (AvgIpc) is 2.05. The maximum Gasteiger partial charge on any atom is 0.118 e. The van der Waals surface area contributed by atoms with Crippen LogP contribution >= 0.6 is 0 Å². The van der Waals surface area contributed by atoms with Crippen molar-refractivity contribution in [3.8, 4) is 5.75 Å². The van der Waals surface area contributed by atoms with Crippen LogP contribution in [0.4, 0.5) is 0 Å². The topological polar surface area (TPSA) is 49.4 Å². The highest BCUT2D eigenvalue weighted by atomic mass is 16.5. The molecule has 0 atom stereocenters. The van der Waals surface area contributed by atoms with Gasteiger partial charge in [0.2, 0.25) is 0 Å². The van der Waals surface area contributed by atoms with Crippen LogP contribution in [-0.4, -0.2) is 13.1 Å². The third-order valence-electron chi connectivity index (χ3n) is 1.51. The van der Waals surface area contributed by atoms with Crippen molar-refractivity contribution in [3.05, 3.63) is 29.8 Å². The number of carbonyl (C=O) groups excluding carboxylic acids is 1. The molecule has 0 amide bonds. The van der Waals surface area contributed by atoms with Gasteiger partial charge in [0.25, 0.3) is 0 Å². The summed E-state index contributed by atoms with van der Waals surface area (Å²) in [6.07, 6.45) is -0.0516. The zero-order chi connectivity index (χ0) is 8.97. The summed E-state index contributed by atoms with van der Waals surface area (Å²) in [4.78, 5) is 10.2. The van der Waals surface area contributed by atoms with E-state index in [1.54, 1.807) is 31.4 Å². The van der Waals surface area contributed by atoms with Gasteiger partial charge in [-0.3, -0.25) is 0 Å². The normalized spacial score (nSPS) is 9.42. The number of ether oxygens (including phenoxy) is 1. The summed E-state index contributed by atoms with van der Waals surface area (Å²) >= 11 is 0. The minimum Gasteiger partial charge on any atom is -0.550 e. The smallest absolute Gasteiger partial charge is 0.118 e. The molecule has 64 valence electrons. The van der Waals surface area contributed by atoms with Crippen molar-refractivity contribution in [2.24, 2.45) is 0 Å². The Kier molecular flexibility index (Phi) is 2.69. The molecule has 0 aromatic heterocycles. The lowest BCUT2D eigenvalue weighted by atomic mass is 10.1. The average molecular weight is 165 g/mol. The highest BCUT2D eigenvalue weighted by molar-refractivity contribution is 5.67. The summed E-state index contributed by atoms with van der Waals surface area (Å²) in [5.41, 5.74) is 0.718. The van der Waals surface area contributed by atoms with E-state index in [1.807, 2.05) is 0 Å². The van der Waals surface area contributed by atoms with Gasteiger partial charge < -0.3 is 14.6 Å². The number of rotatable bonds is 3. The Labute approximate surface area is 70.6 Å². The third kappa shape index (κ3) is 2.27. The number of carboxylic acids is 1. The minimum atomic E-state index is -1.07. The van der Waals surface area contributed by atoms with E-state index in [2.05, 4.69) is 0 Å². The van der Waals surface area contributed by atoms with E-state index in [1.165, 1.54) is 0 Å². The van der Waals surface area contributed by atoms with Crippen molar-refractivity contribution in [3.63, 3.8) is 0 Å². The van der Waals surface area contributed by atoms with E-state index in [0.717, 1.165) is 11.3 Å². The molecular weight excluding hydrogens is 156 g/mol. The first-order valence-corrected chi connectivity index (χ1v) is 3.55. The van der Waals surface area contributed by atoms with Crippen LogP contribution in [-0.2, 0) is 11.2 Å². The number of hydrogen-bond acceptors (Lipinski definition) is 3. The van der Waals surface area contributed by atoms with Crippen LogP contribution in [0.3, 0.4) is 0 Å². The van der Waals surface area contributed by atoms with Gasteiger partial charge in [0, 0.05) is 12.4 Å². The van der Waals surface area contributed by atoms with Crippen molar-refractivity contribution in [1.82, 2.24) is 0 Å². The maximum absolute atomic E-state index is 10.2. The van der Waals surface area contributed by atoms with E-state index < -0.39 is 5.97 Å². The summed E-state index contributed by atoms with van der Waals surface area (Å²) < 4.78 is 4.91. The molecule has 3 heteroatoms. The zero-order valence-corrected chi connectivity index (χ0v) is 6.74. The van der Waals surface area contributed by atoms with Crippen LogP contribution in [0.25, 0.3) is 0 Å². The van der Waals surface area contributed by atoms with Crippen LogP contribution in [0.2, 0.25) is 0 Å². The summed E-state index contributed by atoms with van der Waals surface area (Å²) in [5.74, 6) is -0.350. The number of benzene rings is 1. The highest BCUT2D eigenvalue weighted by Gasteiger charge is 1.93. The van der Waals surface area contributed by atoms with Crippen LogP contribution in [0.1, 0.15) is 5.56 Å². The van der Waals surface area contributed by atoms with Crippen LogP contribution in [0, 0.1) is 0 Å². The monoisotopic (exact) mass is 165 g/mol. The van der Waals surface area contributed by atoms with Crippen LogP contribution in [0.15, 0.2) is 24.3 Å². The van der Waals surface area contributed by atoms with E-state index in [9.17, 15) is 9.90 Å². The molecule has 0 saturated heterocycles. The first-order valence-electron chi connectivity index (χ1n) is 3.55. The number of carboxylic acid groups (broad SMARTS) is 1. The quantitative estimate of drug-likeness (QED) is 0.632. The molecule has 12 heavy (non-hydrogen) atoms.